The number of hydrogen-bond donors (Lipinski definition) is 1. The minimum absolute atomic E-state index is 0.00383. The van der Waals surface area contributed by atoms with Crippen molar-refractivity contribution in [2.45, 2.75) is 32.2 Å². The number of amides is 1. The van der Waals surface area contributed by atoms with Gasteiger partial charge in [-0.3, -0.25) is 4.79 Å². The molecule has 1 aromatic carbocycles. The van der Waals surface area contributed by atoms with E-state index in [9.17, 15) is 4.79 Å². The quantitative estimate of drug-likeness (QED) is 0.837. The van der Waals surface area contributed by atoms with Gasteiger partial charge in [-0.05, 0) is 70.1 Å². The topological polar surface area (TPSA) is 50.8 Å². The van der Waals surface area contributed by atoms with Gasteiger partial charge >= 0.3 is 0 Å². The highest BCUT2D eigenvalue weighted by Crippen LogP contribution is 2.19. The zero-order valence-electron chi connectivity index (χ0n) is 14.4. The van der Waals surface area contributed by atoms with E-state index in [0.29, 0.717) is 18.9 Å². The lowest BCUT2D eigenvalue weighted by atomic mass is 9.93. The van der Waals surface area contributed by atoms with Crippen molar-refractivity contribution in [2.75, 3.05) is 33.9 Å². The second-order valence-corrected chi connectivity index (χ2v) is 6.41. The Bertz CT molecular complexity index is 482. The molecule has 1 N–H and O–H groups in total. The van der Waals surface area contributed by atoms with E-state index >= 15 is 0 Å². The number of nitrogens with zero attached hydrogens (tertiary/aromatic N) is 1. The van der Waals surface area contributed by atoms with E-state index in [1.54, 1.807) is 7.11 Å². The van der Waals surface area contributed by atoms with Crippen LogP contribution in [0.1, 0.15) is 26.2 Å². The van der Waals surface area contributed by atoms with Crippen LogP contribution in [-0.4, -0.2) is 50.7 Å². The molecule has 1 amide bonds. The number of likely N-dealkylation sites (tertiary alicyclic amines) is 1. The average Bonchev–Trinajstić information content (AvgIpc) is 2.55. The first-order chi connectivity index (χ1) is 11.1. The molecule has 0 radical (unpaired) electrons. The third kappa shape index (κ3) is 6.10. The fourth-order valence-corrected chi connectivity index (χ4v) is 2.80. The van der Waals surface area contributed by atoms with Gasteiger partial charge < -0.3 is 19.7 Å². The minimum Gasteiger partial charge on any atom is -0.497 e. The van der Waals surface area contributed by atoms with Gasteiger partial charge in [-0.25, -0.2) is 0 Å². The number of ether oxygens (including phenoxy) is 2. The molecule has 1 atom stereocenters. The first-order valence-corrected chi connectivity index (χ1v) is 8.31. The van der Waals surface area contributed by atoms with E-state index in [-0.39, 0.29) is 11.9 Å². The van der Waals surface area contributed by atoms with Gasteiger partial charge in [0, 0.05) is 6.42 Å². The van der Waals surface area contributed by atoms with Gasteiger partial charge in [0.05, 0.1) is 13.2 Å². The van der Waals surface area contributed by atoms with E-state index in [0.717, 1.165) is 37.4 Å². The highest BCUT2D eigenvalue weighted by molar-refractivity contribution is 5.76. The number of methoxy groups -OCH3 is 1. The Balaban J connectivity index is 1.67. The normalized spacial score (nSPS) is 17.5. The summed E-state index contributed by atoms with van der Waals surface area (Å²) in [5, 5.41) is 3.03. The molecule has 1 saturated heterocycles. The van der Waals surface area contributed by atoms with Crippen molar-refractivity contribution in [3.05, 3.63) is 24.3 Å². The lowest BCUT2D eigenvalue weighted by Gasteiger charge is -2.28. The van der Waals surface area contributed by atoms with Crippen LogP contribution in [-0.2, 0) is 4.79 Å². The maximum Gasteiger partial charge on any atom is 0.220 e. The van der Waals surface area contributed by atoms with Gasteiger partial charge in [-0.15, -0.1) is 0 Å². The van der Waals surface area contributed by atoms with Crippen LogP contribution in [0.2, 0.25) is 0 Å². The Kier molecular flexibility index (Phi) is 6.71. The van der Waals surface area contributed by atoms with E-state index in [1.165, 1.54) is 0 Å². The van der Waals surface area contributed by atoms with Crippen LogP contribution >= 0.6 is 0 Å². The number of carbonyl (C=O) groups is 1. The molecule has 23 heavy (non-hydrogen) atoms. The second kappa shape index (κ2) is 8.77. The molecule has 5 heteroatoms. The number of nitrogens with one attached hydrogen (secondary N) is 1. The predicted octanol–water partition coefficient (Wildman–Crippen LogP) is 2.31. The molecule has 0 spiro atoms. The van der Waals surface area contributed by atoms with Crippen LogP contribution in [0, 0.1) is 5.92 Å². The van der Waals surface area contributed by atoms with Crippen LogP contribution in [0.25, 0.3) is 0 Å². The Morgan fingerprint density at radius 2 is 1.87 bits per heavy atom. The van der Waals surface area contributed by atoms with Crippen LogP contribution in [0.15, 0.2) is 24.3 Å². The number of piperidine rings is 1. The maximum absolute atomic E-state index is 12.1. The molecule has 5 nitrogen and oxygen atoms in total. The zero-order chi connectivity index (χ0) is 16.7. The summed E-state index contributed by atoms with van der Waals surface area (Å²) >= 11 is 0. The SMILES string of the molecule is COc1ccc(OCC(C)NC(=O)CC2CCN(C)CC2)cc1. The second-order valence-electron chi connectivity index (χ2n) is 6.41. The fraction of sp³-hybridized carbons (Fsp3) is 0.611. The lowest BCUT2D eigenvalue weighted by Crippen LogP contribution is -2.39. The largest absolute Gasteiger partial charge is 0.497 e. The first-order valence-electron chi connectivity index (χ1n) is 8.31. The van der Waals surface area contributed by atoms with Gasteiger partial charge in [-0.2, -0.15) is 0 Å². The number of hydrogen-bond acceptors (Lipinski definition) is 4. The van der Waals surface area contributed by atoms with E-state index in [1.807, 2.05) is 31.2 Å². The molecule has 1 fully saturated rings. The number of carbonyl (C=O) groups excluding carboxylic acids is 1. The van der Waals surface area contributed by atoms with Crippen molar-refractivity contribution < 1.29 is 14.3 Å². The molecule has 2 rings (SSSR count). The Morgan fingerprint density at radius 1 is 1.26 bits per heavy atom. The average molecular weight is 320 g/mol. The Labute approximate surface area is 139 Å². The molecule has 0 bridgehead atoms. The first kappa shape index (κ1) is 17.6. The number of benzene rings is 1. The molecule has 1 heterocycles. The molecule has 128 valence electrons. The summed E-state index contributed by atoms with van der Waals surface area (Å²) in [6.45, 7) is 4.61. The van der Waals surface area contributed by atoms with Crippen molar-refractivity contribution in [3.63, 3.8) is 0 Å². The molecule has 0 aliphatic carbocycles. The Morgan fingerprint density at radius 3 is 2.48 bits per heavy atom. The fourth-order valence-electron chi connectivity index (χ4n) is 2.80. The van der Waals surface area contributed by atoms with Gasteiger partial charge in [-0.1, -0.05) is 0 Å². The minimum atomic E-state index is -0.00383. The van der Waals surface area contributed by atoms with Crippen molar-refractivity contribution in [1.29, 1.82) is 0 Å². The molecule has 1 aliphatic rings. The van der Waals surface area contributed by atoms with Gasteiger partial charge in [0.15, 0.2) is 0 Å². The summed E-state index contributed by atoms with van der Waals surface area (Å²) in [7, 11) is 3.77. The molecule has 1 aliphatic heterocycles. The van der Waals surface area contributed by atoms with Crippen molar-refractivity contribution in [3.8, 4) is 11.5 Å². The maximum atomic E-state index is 12.1. The van der Waals surface area contributed by atoms with Gasteiger partial charge in [0.1, 0.15) is 18.1 Å². The predicted molar refractivity (Wildman–Crippen MR) is 90.9 cm³/mol. The number of rotatable bonds is 7. The highest BCUT2D eigenvalue weighted by Gasteiger charge is 2.20. The summed E-state index contributed by atoms with van der Waals surface area (Å²) in [5.41, 5.74) is 0. The third-order valence-corrected chi connectivity index (χ3v) is 4.28. The summed E-state index contributed by atoms with van der Waals surface area (Å²) < 4.78 is 10.8. The van der Waals surface area contributed by atoms with Crippen LogP contribution in [0.5, 0.6) is 11.5 Å². The molecule has 1 unspecified atom stereocenters. The highest BCUT2D eigenvalue weighted by atomic mass is 16.5. The van der Waals surface area contributed by atoms with Crippen molar-refractivity contribution >= 4 is 5.91 Å². The van der Waals surface area contributed by atoms with Crippen LogP contribution in [0.3, 0.4) is 0 Å². The van der Waals surface area contributed by atoms with Crippen molar-refractivity contribution in [2.24, 2.45) is 5.92 Å². The third-order valence-electron chi connectivity index (χ3n) is 4.28. The Hall–Kier alpha value is -1.75. The standard InChI is InChI=1S/C18H28N2O3/c1-14(13-23-17-6-4-16(22-3)5-7-17)19-18(21)12-15-8-10-20(2)11-9-15/h4-7,14-15H,8-13H2,1-3H3,(H,19,21). The van der Waals surface area contributed by atoms with E-state index in [4.69, 9.17) is 9.47 Å². The summed E-state index contributed by atoms with van der Waals surface area (Å²) in [6, 6.07) is 7.45. The molecular formula is C18H28N2O3. The van der Waals surface area contributed by atoms with E-state index < -0.39 is 0 Å². The zero-order valence-corrected chi connectivity index (χ0v) is 14.4. The van der Waals surface area contributed by atoms with Gasteiger partial charge in [0.2, 0.25) is 5.91 Å². The monoisotopic (exact) mass is 320 g/mol. The summed E-state index contributed by atoms with van der Waals surface area (Å²) in [6.07, 6.45) is 2.85. The smallest absolute Gasteiger partial charge is 0.220 e. The van der Waals surface area contributed by atoms with E-state index in [2.05, 4.69) is 17.3 Å². The lowest BCUT2D eigenvalue weighted by molar-refractivity contribution is -0.123. The molecular weight excluding hydrogens is 292 g/mol. The van der Waals surface area contributed by atoms with Crippen LogP contribution < -0.4 is 14.8 Å². The summed E-state index contributed by atoms with van der Waals surface area (Å²) in [5.74, 6) is 2.23. The molecule has 0 aromatic heterocycles. The van der Waals surface area contributed by atoms with Crippen LogP contribution in [0.4, 0.5) is 0 Å². The van der Waals surface area contributed by atoms with Crippen molar-refractivity contribution in [1.82, 2.24) is 10.2 Å². The molecule has 1 aromatic rings. The summed E-state index contributed by atoms with van der Waals surface area (Å²) in [4.78, 5) is 14.4. The molecule has 0 saturated carbocycles. The van der Waals surface area contributed by atoms with Gasteiger partial charge in [0.25, 0.3) is 0 Å².